The summed E-state index contributed by atoms with van der Waals surface area (Å²) in [6.07, 6.45) is 0.981. The quantitative estimate of drug-likeness (QED) is 0.773. The highest BCUT2D eigenvalue weighted by Crippen LogP contribution is 2.18. The van der Waals surface area contributed by atoms with Gasteiger partial charge in [0.2, 0.25) is 0 Å². The predicted octanol–water partition coefficient (Wildman–Crippen LogP) is 0.818. The number of pyridine rings is 1. The van der Waals surface area contributed by atoms with Crippen LogP contribution >= 0.6 is 0 Å². The molecule has 1 N–H and O–H groups in total. The van der Waals surface area contributed by atoms with Crippen molar-refractivity contribution in [1.82, 2.24) is 4.98 Å². The second-order valence-electron chi connectivity index (χ2n) is 3.42. The van der Waals surface area contributed by atoms with Crippen LogP contribution < -0.4 is 5.32 Å². The van der Waals surface area contributed by atoms with E-state index in [1.165, 1.54) is 13.2 Å². The van der Waals surface area contributed by atoms with Gasteiger partial charge in [-0.2, -0.15) is 0 Å². The van der Waals surface area contributed by atoms with Gasteiger partial charge in [-0.05, 0) is 0 Å². The Morgan fingerprint density at radius 3 is 3.00 bits per heavy atom. The average molecular weight is 226 g/mol. The zero-order chi connectivity index (χ0) is 11.5. The van der Waals surface area contributed by atoms with Crippen LogP contribution in [0.25, 0.3) is 0 Å². The van der Waals surface area contributed by atoms with E-state index < -0.39 is 11.8 Å². The van der Waals surface area contributed by atoms with Crippen LogP contribution in [0.3, 0.4) is 0 Å². The standard InChI is InChI=1S/C10H11FN2O3/c1-15-10(14)9-8(2-6(11)3-12-9)13-7-4-16-5-7/h2-3,7,13H,4-5H2,1H3. The van der Waals surface area contributed by atoms with Crippen LogP contribution in [0.5, 0.6) is 0 Å². The molecule has 2 rings (SSSR count). The lowest BCUT2D eigenvalue weighted by molar-refractivity contribution is 0.0209. The summed E-state index contributed by atoms with van der Waals surface area (Å²) < 4.78 is 22.5. The van der Waals surface area contributed by atoms with E-state index in [0.717, 1.165) is 6.20 Å². The SMILES string of the molecule is COC(=O)c1ncc(F)cc1NC1COC1. The number of esters is 1. The minimum Gasteiger partial charge on any atom is -0.464 e. The fourth-order valence-electron chi connectivity index (χ4n) is 1.35. The van der Waals surface area contributed by atoms with Crippen LogP contribution in [-0.4, -0.2) is 37.3 Å². The lowest BCUT2D eigenvalue weighted by Crippen LogP contribution is -2.40. The Kier molecular flexibility index (Phi) is 3.00. The summed E-state index contributed by atoms with van der Waals surface area (Å²) in [5.74, 6) is -1.10. The van der Waals surface area contributed by atoms with Gasteiger partial charge in [-0.1, -0.05) is 0 Å². The van der Waals surface area contributed by atoms with E-state index in [4.69, 9.17) is 4.74 Å². The molecular formula is C10H11FN2O3. The van der Waals surface area contributed by atoms with Crippen molar-refractivity contribution in [2.75, 3.05) is 25.6 Å². The molecule has 0 radical (unpaired) electrons. The van der Waals surface area contributed by atoms with E-state index in [1.54, 1.807) is 0 Å². The molecule has 0 unspecified atom stereocenters. The van der Waals surface area contributed by atoms with Crippen molar-refractivity contribution in [3.63, 3.8) is 0 Å². The Labute approximate surface area is 91.6 Å². The molecule has 0 bridgehead atoms. The molecule has 1 aromatic heterocycles. The number of methoxy groups -OCH3 is 1. The van der Waals surface area contributed by atoms with Gasteiger partial charge in [0.1, 0.15) is 5.82 Å². The molecule has 0 atom stereocenters. The van der Waals surface area contributed by atoms with Crippen LogP contribution in [0.4, 0.5) is 10.1 Å². The number of carbonyl (C=O) groups excluding carboxylic acids is 1. The molecule has 1 aliphatic heterocycles. The average Bonchev–Trinajstić information content (AvgIpc) is 2.22. The van der Waals surface area contributed by atoms with Gasteiger partial charge < -0.3 is 14.8 Å². The van der Waals surface area contributed by atoms with E-state index in [1.807, 2.05) is 0 Å². The van der Waals surface area contributed by atoms with Gasteiger partial charge in [-0.25, -0.2) is 14.2 Å². The second-order valence-corrected chi connectivity index (χ2v) is 3.42. The van der Waals surface area contributed by atoms with Crippen LogP contribution in [0.2, 0.25) is 0 Å². The predicted molar refractivity (Wildman–Crippen MR) is 53.8 cm³/mol. The van der Waals surface area contributed by atoms with Crippen LogP contribution in [-0.2, 0) is 9.47 Å². The number of nitrogens with zero attached hydrogens (tertiary/aromatic N) is 1. The molecule has 1 aromatic rings. The summed E-state index contributed by atoms with van der Waals surface area (Å²) >= 11 is 0. The molecular weight excluding hydrogens is 215 g/mol. The summed E-state index contributed by atoms with van der Waals surface area (Å²) in [7, 11) is 1.25. The van der Waals surface area contributed by atoms with Crippen molar-refractivity contribution in [3.8, 4) is 0 Å². The molecule has 2 heterocycles. The number of ether oxygens (including phenoxy) is 2. The first-order chi connectivity index (χ1) is 7.70. The molecule has 1 fully saturated rings. The fourth-order valence-corrected chi connectivity index (χ4v) is 1.35. The summed E-state index contributed by atoms with van der Waals surface area (Å²) in [5, 5.41) is 2.97. The molecule has 86 valence electrons. The minimum absolute atomic E-state index is 0.0794. The number of rotatable bonds is 3. The van der Waals surface area contributed by atoms with E-state index >= 15 is 0 Å². The minimum atomic E-state index is -0.595. The van der Waals surface area contributed by atoms with Gasteiger partial charge in [-0.15, -0.1) is 0 Å². The first-order valence-corrected chi connectivity index (χ1v) is 4.79. The number of nitrogens with one attached hydrogen (secondary N) is 1. The van der Waals surface area contributed by atoms with Crippen molar-refractivity contribution in [1.29, 1.82) is 0 Å². The molecule has 0 amide bonds. The fraction of sp³-hybridized carbons (Fsp3) is 0.400. The van der Waals surface area contributed by atoms with E-state index in [-0.39, 0.29) is 11.7 Å². The highest BCUT2D eigenvalue weighted by atomic mass is 19.1. The molecule has 0 saturated carbocycles. The van der Waals surface area contributed by atoms with Gasteiger partial charge in [0.15, 0.2) is 5.69 Å². The van der Waals surface area contributed by atoms with Crippen molar-refractivity contribution < 1.29 is 18.7 Å². The normalized spacial score (nSPS) is 15.4. The summed E-state index contributed by atoms with van der Waals surface area (Å²) in [6.45, 7) is 1.08. The number of hydrogen-bond acceptors (Lipinski definition) is 5. The third-order valence-corrected chi connectivity index (χ3v) is 2.23. The van der Waals surface area contributed by atoms with Crippen molar-refractivity contribution in [2.45, 2.75) is 6.04 Å². The summed E-state index contributed by atoms with van der Waals surface area (Å²) in [5.41, 5.74) is 0.413. The number of hydrogen-bond donors (Lipinski definition) is 1. The van der Waals surface area contributed by atoms with Gasteiger partial charge >= 0.3 is 5.97 Å². The first-order valence-electron chi connectivity index (χ1n) is 4.79. The molecule has 0 aromatic carbocycles. The number of carbonyl (C=O) groups is 1. The Hall–Kier alpha value is -1.69. The summed E-state index contributed by atoms with van der Waals surface area (Å²) in [6, 6.07) is 1.31. The number of aromatic nitrogens is 1. The Morgan fingerprint density at radius 1 is 1.69 bits per heavy atom. The highest BCUT2D eigenvalue weighted by Gasteiger charge is 2.22. The lowest BCUT2D eigenvalue weighted by atomic mass is 10.2. The molecule has 1 aliphatic rings. The third kappa shape index (κ3) is 2.11. The van der Waals surface area contributed by atoms with E-state index in [9.17, 15) is 9.18 Å². The monoisotopic (exact) mass is 226 g/mol. The molecule has 0 aliphatic carbocycles. The molecule has 0 spiro atoms. The summed E-state index contributed by atoms with van der Waals surface area (Å²) in [4.78, 5) is 15.1. The highest BCUT2D eigenvalue weighted by molar-refractivity contribution is 5.93. The lowest BCUT2D eigenvalue weighted by Gasteiger charge is -2.28. The van der Waals surface area contributed by atoms with Crippen molar-refractivity contribution in [3.05, 3.63) is 23.8 Å². The maximum Gasteiger partial charge on any atom is 0.358 e. The van der Waals surface area contributed by atoms with Crippen LogP contribution in [0.15, 0.2) is 12.3 Å². The van der Waals surface area contributed by atoms with Gasteiger partial charge in [0.25, 0.3) is 0 Å². The largest absolute Gasteiger partial charge is 0.464 e. The molecule has 6 heteroatoms. The van der Waals surface area contributed by atoms with Crippen molar-refractivity contribution >= 4 is 11.7 Å². The molecule has 5 nitrogen and oxygen atoms in total. The molecule has 1 saturated heterocycles. The smallest absolute Gasteiger partial charge is 0.358 e. The van der Waals surface area contributed by atoms with Gasteiger partial charge in [-0.3, -0.25) is 0 Å². The second kappa shape index (κ2) is 4.44. The maximum absolute atomic E-state index is 13.0. The Balaban J connectivity index is 2.24. The Morgan fingerprint density at radius 2 is 2.44 bits per heavy atom. The number of halogens is 1. The maximum atomic E-state index is 13.0. The van der Waals surface area contributed by atoms with E-state index in [2.05, 4.69) is 15.0 Å². The van der Waals surface area contributed by atoms with Crippen LogP contribution in [0, 0.1) is 5.82 Å². The number of anilines is 1. The van der Waals surface area contributed by atoms with Crippen LogP contribution in [0.1, 0.15) is 10.5 Å². The van der Waals surface area contributed by atoms with Crippen molar-refractivity contribution in [2.24, 2.45) is 0 Å². The third-order valence-electron chi connectivity index (χ3n) is 2.23. The topological polar surface area (TPSA) is 60.5 Å². The Bertz CT molecular complexity index is 407. The first kappa shape index (κ1) is 10.8. The van der Waals surface area contributed by atoms with Gasteiger partial charge in [0, 0.05) is 6.07 Å². The molecule has 16 heavy (non-hydrogen) atoms. The van der Waals surface area contributed by atoms with Gasteiger partial charge in [0.05, 0.1) is 38.2 Å². The zero-order valence-corrected chi connectivity index (χ0v) is 8.70. The zero-order valence-electron chi connectivity index (χ0n) is 8.70. The van der Waals surface area contributed by atoms with E-state index in [0.29, 0.717) is 18.9 Å².